The highest BCUT2D eigenvalue weighted by molar-refractivity contribution is 14.1. The molecule has 1 aromatic heterocycles. The van der Waals surface area contributed by atoms with Gasteiger partial charge in [-0.25, -0.2) is 27.9 Å². The molecule has 0 spiro atoms. The third-order valence-electron chi connectivity index (χ3n) is 5.96. The van der Waals surface area contributed by atoms with E-state index in [2.05, 4.69) is 37.6 Å². The van der Waals surface area contributed by atoms with Crippen molar-refractivity contribution in [2.45, 2.75) is 43.5 Å². The van der Waals surface area contributed by atoms with Gasteiger partial charge >= 0.3 is 5.97 Å². The minimum absolute atomic E-state index is 0.203. The van der Waals surface area contributed by atoms with E-state index in [9.17, 15) is 13.2 Å². The molecule has 3 aliphatic rings. The molecule has 2 N–H and O–H groups in total. The Morgan fingerprint density at radius 1 is 1.37 bits per heavy atom. The number of carbonyl (C=O) groups is 1. The Kier molecular flexibility index (Phi) is 7.09. The topological polar surface area (TPSA) is 113 Å². The van der Waals surface area contributed by atoms with Gasteiger partial charge in [-0.05, 0) is 54.5 Å². The van der Waals surface area contributed by atoms with E-state index >= 15 is 0 Å². The summed E-state index contributed by atoms with van der Waals surface area (Å²) in [6.45, 7) is 2.28. The lowest BCUT2D eigenvalue weighted by Gasteiger charge is -2.32. The van der Waals surface area contributed by atoms with Crippen LogP contribution in [0.1, 0.15) is 37.8 Å². The molecule has 1 aliphatic carbocycles. The van der Waals surface area contributed by atoms with Gasteiger partial charge in [0.2, 0.25) is 16.0 Å². The van der Waals surface area contributed by atoms with Gasteiger partial charge < -0.3 is 15.0 Å². The summed E-state index contributed by atoms with van der Waals surface area (Å²) in [5.41, 5.74) is 1.70. The van der Waals surface area contributed by atoms with Crippen LogP contribution in [0.15, 0.2) is 46.0 Å². The minimum atomic E-state index is -3.41. The molecule has 2 fully saturated rings. The number of halogens is 2. The number of rotatable bonds is 7. The molecule has 5 rings (SSSR count). The smallest absolute Gasteiger partial charge is 0.338 e. The van der Waals surface area contributed by atoms with Crippen LogP contribution in [0.25, 0.3) is 0 Å². The second kappa shape index (κ2) is 9.96. The van der Waals surface area contributed by atoms with Crippen LogP contribution in [0, 0.1) is 3.57 Å². The molecule has 13 heteroatoms. The Morgan fingerprint density at radius 3 is 2.83 bits per heavy atom. The van der Waals surface area contributed by atoms with E-state index < -0.39 is 28.1 Å². The van der Waals surface area contributed by atoms with Crippen LogP contribution in [-0.4, -0.2) is 54.7 Å². The molecule has 2 atom stereocenters. The van der Waals surface area contributed by atoms with Crippen molar-refractivity contribution < 1.29 is 17.9 Å². The summed E-state index contributed by atoms with van der Waals surface area (Å²) in [6.07, 6.45) is 3.36. The fraction of sp³-hybridized carbons (Fsp3) is 0.409. The summed E-state index contributed by atoms with van der Waals surface area (Å²) in [5, 5.41) is 5.88. The van der Waals surface area contributed by atoms with Crippen LogP contribution in [0.2, 0.25) is 5.02 Å². The van der Waals surface area contributed by atoms with Crippen LogP contribution >= 0.6 is 45.5 Å². The molecule has 1 saturated carbocycles. The highest BCUT2D eigenvalue weighted by atomic mass is 127. The molecule has 2 aromatic rings. The summed E-state index contributed by atoms with van der Waals surface area (Å²) in [6, 6.07) is 4.46. The molecule has 9 nitrogen and oxygen atoms in total. The number of nitrogens with one attached hydrogen (secondary N) is 2. The van der Waals surface area contributed by atoms with Gasteiger partial charge in [0, 0.05) is 50.4 Å². The molecule has 35 heavy (non-hydrogen) atoms. The second-order valence-corrected chi connectivity index (χ2v) is 13.0. The fourth-order valence-electron chi connectivity index (χ4n) is 4.28. The SMILES string of the molecule is CCOC(=O)C1=C2C[C@H](NS(=O)(=O)C3CC3)CN2C(Nc2nccs2)=N[C@H]1c1ccc(I)cc1Cl. The summed E-state index contributed by atoms with van der Waals surface area (Å²) >= 11 is 10.2. The van der Waals surface area contributed by atoms with Gasteiger partial charge in [0.15, 0.2) is 5.13 Å². The third-order valence-corrected chi connectivity index (χ3v) is 9.66. The highest BCUT2D eigenvalue weighted by Gasteiger charge is 2.44. The largest absolute Gasteiger partial charge is 0.463 e. The number of esters is 1. The average Bonchev–Trinajstić information content (AvgIpc) is 3.40. The first-order valence-electron chi connectivity index (χ1n) is 11.1. The molecule has 186 valence electrons. The van der Waals surface area contributed by atoms with Gasteiger partial charge in [-0.1, -0.05) is 17.7 Å². The predicted molar refractivity (Wildman–Crippen MR) is 144 cm³/mol. The highest BCUT2D eigenvalue weighted by Crippen LogP contribution is 2.42. The van der Waals surface area contributed by atoms with Crippen molar-refractivity contribution >= 4 is 72.6 Å². The molecule has 2 aliphatic heterocycles. The molecule has 0 bridgehead atoms. The number of nitrogens with zero attached hydrogens (tertiary/aromatic N) is 3. The lowest BCUT2D eigenvalue weighted by Crippen LogP contribution is -2.42. The van der Waals surface area contributed by atoms with Gasteiger partial charge in [0.05, 0.1) is 17.4 Å². The summed E-state index contributed by atoms with van der Waals surface area (Å²) in [7, 11) is -3.41. The Balaban J connectivity index is 1.59. The van der Waals surface area contributed by atoms with Crippen molar-refractivity contribution in [2.24, 2.45) is 4.99 Å². The van der Waals surface area contributed by atoms with Crippen LogP contribution in [0.3, 0.4) is 0 Å². The first kappa shape index (κ1) is 24.9. The van der Waals surface area contributed by atoms with E-state index in [0.29, 0.717) is 58.8 Å². The first-order chi connectivity index (χ1) is 16.8. The minimum Gasteiger partial charge on any atom is -0.463 e. The van der Waals surface area contributed by atoms with Gasteiger partial charge in [0.25, 0.3) is 0 Å². The van der Waals surface area contributed by atoms with Crippen LogP contribution in [0.5, 0.6) is 0 Å². The van der Waals surface area contributed by atoms with E-state index in [1.165, 1.54) is 11.3 Å². The summed E-state index contributed by atoms with van der Waals surface area (Å²) in [5.74, 6) is -0.00870. The van der Waals surface area contributed by atoms with Crippen molar-refractivity contribution in [3.05, 3.63) is 55.2 Å². The van der Waals surface area contributed by atoms with E-state index in [0.717, 1.165) is 3.57 Å². The van der Waals surface area contributed by atoms with Crippen molar-refractivity contribution in [3.8, 4) is 0 Å². The van der Waals surface area contributed by atoms with Gasteiger partial charge in [-0.3, -0.25) is 0 Å². The third kappa shape index (κ3) is 5.22. The van der Waals surface area contributed by atoms with Crippen molar-refractivity contribution in [3.63, 3.8) is 0 Å². The maximum Gasteiger partial charge on any atom is 0.338 e. The number of hydrogen-bond acceptors (Lipinski definition) is 9. The molecule has 0 unspecified atom stereocenters. The first-order valence-corrected chi connectivity index (χ1v) is 15.0. The molecule has 1 aromatic carbocycles. The number of fused-ring (bicyclic) bond motifs is 1. The van der Waals surface area contributed by atoms with E-state index in [1.54, 1.807) is 13.1 Å². The molecule has 0 amide bonds. The van der Waals surface area contributed by atoms with Crippen molar-refractivity contribution in [1.29, 1.82) is 0 Å². The van der Waals surface area contributed by atoms with E-state index in [4.69, 9.17) is 21.3 Å². The number of carbonyl (C=O) groups excluding carboxylic acids is 1. The number of sulfonamides is 1. The normalized spacial score (nSPS) is 22.1. The Labute approximate surface area is 226 Å². The van der Waals surface area contributed by atoms with Crippen LogP contribution in [-0.2, 0) is 19.6 Å². The van der Waals surface area contributed by atoms with Crippen molar-refractivity contribution in [1.82, 2.24) is 14.6 Å². The number of hydrogen-bond donors (Lipinski definition) is 2. The summed E-state index contributed by atoms with van der Waals surface area (Å²) < 4.78 is 34.5. The number of anilines is 1. The summed E-state index contributed by atoms with van der Waals surface area (Å²) in [4.78, 5) is 24.3. The van der Waals surface area contributed by atoms with E-state index in [1.807, 2.05) is 28.5 Å². The quantitative estimate of drug-likeness (QED) is 0.346. The molecule has 0 radical (unpaired) electrons. The average molecular weight is 648 g/mol. The Morgan fingerprint density at radius 2 is 2.17 bits per heavy atom. The lowest BCUT2D eigenvalue weighted by atomic mass is 9.95. The molecule has 1 saturated heterocycles. The number of guanidine groups is 1. The van der Waals surface area contributed by atoms with Crippen LogP contribution < -0.4 is 10.0 Å². The molecular weight excluding hydrogens is 625 g/mol. The van der Waals surface area contributed by atoms with Crippen LogP contribution in [0.4, 0.5) is 5.13 Å². The monoisotopic (exact) mass is 647 g/mol. The lowest BCUT2D eigenvalue weighted by molar-refractivity contribution is -0.139. The zero-order valence-corrected chi connectivity index (χ0v) is 23.2. The number of benzene rings is 1. The Hall–Kier alpha value is -1.74. The maximum absolute atomic E-state index is 13.2. The number of aliphatic imine (C=N–C) groups is 1. The fourth-order valence-corrected chi connectivity index (χ4v) is 7.33. The number of thiazole rings is 1. The van der Waals surface area contributed by atoms with Gasteiger partial charge in [-0.2, -0.15) is 0 Å². The maximum atomic E-state index is 13.2. The number of ether oxygens (including phenoxy) is 1. The second-order valence-electron chi connectivity index (χ2n) is 8.44. The van der Waals surface area contributed by atoms with Gasteiger partial charge in [0.1, 0.15) is 6.04 Å². The zero-order chi connectivity index (χ0) is 24.7. The number of aromatic nitrogens is 1. The zero-order valence-electron chi connectivity index (χ0n) is 18.7. The van der Waals surface area contributed by atoms with Crippen molar-refractivity contribution in [2.75, 3.05) is 18.5 Å². The predicted octanol–water partition coefficient (Wildman–Crippen LogP) is 3.90. The Bertz CT molecular complexity index is 1310. The standard InChI is InChI=1S/C22H23ClIN5O4S2/c1-2-33-20(30)18-17-10-13(28-35(31,32)14-4-5-14)11-29(17)21(27-22-25-7-8-34-22)26-19(18)15-6-3-12(24)9-16(15)23/h3,6-9,13-14,19,28H,2,4-5,10-11H2,1H3,(H,25,26,27)/t13-,19-/m0/s1. The van der Waals surface area contributed by atoms with E-state index in [-0.39, 0.29) is 11.9 Å². The molecular formula is C22H23ClIN5O4S2. The van der Waals surface area contributed by atoms with Gasteiger partial charge in [-0.15, -0.1) is 11.3 Å². The molecule has 3 heterocycles.